The van der Waals surface area contributed by atoms with Crippen molar-refractivity contribution < 1.29 is 14.4 Å². The van der Waals surface area contributed by atoms with Gasteiger partial charge in [-0.15, -0.1) is 0 Å². The van der Waals surface area contributed by atoms with Gasteiger partial charge in [-0.05, 0) is 24.5 Å². The molecule has 0 rings (SSSR count). The Labute approximate surface area is 144 Å². The first-order valence-corrected chi connectivity index (χ1v) is 8.43. The Balaban J connectivity index is 4.56. The largest absolute Gasteiger partial charge is 0.405 e. The number of amides is 3. The fraction of sp³-hybridized carbons (Fsp3) is 0.706. The maximum Gasteiger partial charge on any atom is 0.242 e. The summed E-state index contributed by atoms with van der Waals surface area (Å²) in [4.78, 5) is 35.9. The highest BCUT2D eigenvalue weighted by Crippen LogP contribution is 2.14. The number of hydrogen-bond acceptors (Lipinski definition) is 4. The lowest BCUT2D eigenvalue weighted by Crippen LogP contribution is -2.49. The summed E-state index contributed by atoms with van der Waals surface area (Å²) in [6.07, 6.45) is 4.50. The number of nitrogens with one attached hydrogen (secondary N) is 3. The first-order chi connectivity index (χ1) is 11.3. The van der Waals surface area contributed by atoms with Gasteiger partial charge in [-0.3, -0.25) is 14.4 Å². The predicted octanol–water partition coefficient (Wildman–Crippen LogP) is 0.514. The van der Waals surface area contributed by atoms with Gasteiger partial charge in [0, 0.05) is 13.0 Å². The van der Waals surface area contributed by atoms with Crippen LogP contribution in [0.1, 0.15) is 40.5 Å². The van der Waals surface area contributed by atoms with Crippen molar-refractivity contribution >= 4 is 17.7 Å². The molecule has 0 saturated carbocycles. The fourth-order valence-corrected chi connectivity index (χ4v) is 2.23. The van der Waals surface area contributed by atoms with Gasteiger partial charge in [0.1, 0.15) is 6.04 Å². The molecular formula is C17H32N4O3. The maximum absolute atomic E-state index is 12.0. The molecule has 4 atom stereocenters. The van der Waals surface area contributed by atoms with E-state index in [9.17, 15) is 14.4 Å². The van der Waals surface area contributed by atoms with Crippen molar-refractivity contribution in [2.24, 2.45) is 23.5 Å². The topological polar surface area (TPSA) is 113 Å². The summed E-state index contributed by atoms with van der Waals surface area (Å²) in [5.41, 5.74) is 5.34. The van der Waals surface area contributed by atoms with Crippen molar-refractivity contribution in [2.75, 3.05) is 13.6 Å². The third kappa shape index (κ3) is 7.99. The number of carbonyl (C=O) groups is 3. The van der Waals surface area contributed by atoms with Crippen molar-refractivity contribution in [3.8, 4) is 0 Å². The average Bonchev–Trinajstić information content (AvgIpc) is 2.56. The van der Waals surface area contributed by atoms with Crippen LogP contribution in [0.4, 0.5) is 0 Å². The van der Waals surface area contributed by atoms with Gasteiger partial charge in [0.2, 0.25) is 17.7 Å². The molecule has 7 nitrogen and oxygen atoms in total. The molecule has 7 heteroatoms. The van der Waals surface area contributed by atoms with E-state index in [2.05, 4.69) is 16.0 Å². The van der Waals surface area contributed by atoms with Gasteiger partial charge in [-0.25, -0.2) is 0 Å². The van der Waals surface area contributed by atoms with E-state index in [0.29, 0.717) is 6.42 Å². The minimum absolute atomic E-state index is 0.0395. The van der Waals surface area contributed by atoms with Crippen LogP contribution in [0.5, 0.6) is 0 Å². The molecule has 0 aliphatic heterocycles. The second kappa shape index (κ2) is 11.5. The summed E-state index contributed by atoms with van der Waals surface area (Å²) in [5, 5.41) is 7.80. The maximum atomic E-state index is 12.0. The van der Waals surface area contributed by atoms with Gasteiger partial charge in [-0.2, -0.15) is 0 Å². The van der Waals surface area contributed by atoms with Crippen LogP contribution in [0.3, 0.4) is 0 Å². The van der Waals surface area contributed by atoms with Crippen molar-refractivity contribution in [2.45, 2.75) is 46.6 Å². The monoisotopic (exact) mass is 340 g/mol. The van der Waals surface area contributed by atoms with Gasteiger partial charge >= 0.3 is 0 Å². The number of allylic oxidation sites excluding steroid dienone is 1. The van der Waals surface area contributed by atoms with E-state index in [1.165, 1.54) is 13.2 Å². The summed E-state index contributed by atoms with van der Waals surface area (Å²) in [6, 6.07) is -0.669. The van der Waals surface area contributed by atoms with Crippen LogP contribution in [0.2, 0.25) is 0 Å². The van der Waals surface area contributed by atoms with E-state index in [1.54, 1.807) is 6.08 Å². The molecule has 5 N–H and O–H groups in total. The lowest BCUT2D eigenvalue weighted by Gasteiger charge is -2.21. The molecule has 0 aliphatic rings. The van der Waals surface area contributed by atoms with Gasteiger partial charge in [0.05, 0.1) is 6.54 Å². The van der Waals surface area contributed by atoms with Crippen molar-refractivity contribution in [3.05, 3.63) is 12.3 Å². The third-order valence-corrected chi connectivity index (χ3v) is 4.28. The Morgan fingerprint density at radius 3 is 2.25 bits per heavy atom. The highest BCUT2D eigenvalue weighted by Gasteiger charge is 2.23. The Morgan fingerprint density at radius 2 is 1.75 bits per heavy atom. The summed E-state index contributed by atoms with van der Waals surface area (Å²) >= 11 is 0. The molecule has 0 fully saturated rings. The van der Waals surface area contributed by atoms with E-state index < -0.39 is 11.9 Å². The summed E-state index contributed by atoms with van der Waals surface area (Å²) in [7, 11) is 1.51. The summed E-state index contributed by atoms with van der Waals surface area (Å²) in [5.74, 6) is -0.701. The molecule has 0 aromatic carbocycles. The van der Waals surface area contributed by atoms with Gasteiger partial charge < -0.3 is 21.7 Å². The first-order valence-electron chi connectivity index (χ1n) is 8.43. The van der Waals surface area contributed by atoms with Crippen LogP contribution >= 0.6 is 0 Å². The lowest BCUT2D eigenvalue weighted by atomic mass is 9.93. The zero-order chi connectivity index (χ0) is 18.7. The zero-order valence-electron chi connectivity index (χ0n) is 15.4. The van der Waals surface area contributed by atoms with Crippen molar-refractivity contribution in [1.29, 1.82) is 0 Å². The second-order valence-electron chi connectivity index (χ2n) is 6.22. The lowest BCUT2D eigenvalue weighted by molar-refractivity contribution is -0.131. The van der Waals surface area contributed by atoms with Gasteiger partial charge in [0.25, 0.3) is 0 Å². The number of likely N-dealkylation sites (N-methyl/N-ethyl adjacent to an activating group) is 1. The highest BCUT2D eigenvalue weighted by molar-refractivity contribution is 5.90. The molecule has 0 radical (unpaired) electrons. The summed E-state index contributed by atoms with van der Waals surface area (Å²) < 4.78 is 0. The smallest absolute Gasteiger partial charge is 0.242 e. The Bertz CT molecular complexity index is 451. The molecule has 2 unspecified atom stereocenters. The van der Waals surface area contributed by atoms with E-state index >= 15 is 0 Å². The third-order valence-electron chi connectivity index (χ3n) is 4.28. The minimum atomic E-state index is -0.669. The second-order valence-corrected chi connectivity index (χ2v) is 6.22. The van der Waals surface area contributed by atoms with E-state index in [4.69, 9.17) is 5.73 Å². The minimum Gasteiger partial charge on any atom is -0.405 e. The highest BCUT2D eigenvalue weighted by atomic mass is 16.2. The molecule has 24 heavy (non-hydrogen) atoms. The van der Waals surface area contributed by atoms with E-state index in [0.717, 1.165) is 6.42 Å². The van der Waals surface area contributed by atoms with Crippen LogP contribution in [0.25, 0.3) is 0 Å². The number of carbonyl (C=O) groups excluding carboxylic acids is 3. The Hall–Kier alpha value is -2.05. The van der Waals surface area contributed by atoms with Crippen LogP contribution in [0.15, 0.2) is 12.3 Å². The van der Waals surface area contributed by atoms with Crippen LogP contribution < -0.4 is 21.7 Å². The van der Waals surface area contributed by atoms with Crippen LogP contribution in [0, 0.1) is 17.8 Å². The number of nitrogens with two attached hydrogens (primary N) is 1. The van der Waals surface area contributed by atoms with Gasteiger partial charge in [-0.1, -0.05) is 40.2 Å². The Kier molecular flexibility index (Phi) is 10.5. The normalized spacial score (nSPS) is 16.0. The standard InChI is InChI=1S/C17H32N4O3/c1-6-12(3)13(4)16(23)20-10-15(22)21-14(17(24)19-5)9-11(2)7-8-18/h7-8,11-14H,6,9-10,18H2,1-5H3,(H,19,24)(H,20,23)(H,21,22)/b8-7-/t11?,12-,13+,14?/m0/s1. The zero-order valence-corrected chi connectivity index (χ0v) is 15.4. The molecule has 0 aliphatic carbocycles. The average molecular weight is 340 g/mol. The molecule has 0 heterocycles. The van der Waals surface area contributed by atoms with Crippen LogP contribution in [-0.4, -0.2) is 37.4 Å². The van der Waals surface area contributed by atoms with E-state index in [-0.39, 0.29) is 36.1 Å². The number of rotatable bonds is 10. The van der Waals surface area contributed by atoms with Crippen molar-refractivity contribution in [3.63, 3.8) is 0 Å². The summed E-state index contributed by atoms with van der Waals surface area (Å²) in [6.45, 7) is 7.62. The molecule has 0 aromatic heterocycles. The van der Waals surface area contributed by atoms with Gasteiger partial charge in [0.15, 0.2) is 0 Å². The molecule has 3 amide bonds. The number of hydrogen-bond donors (Lipinski definition) is 4. The molecule has 138 valence electrons. The first kappa shape index (κ1) is 21.9. The molecule has 0 saturated heterocycles. The predicted molar refractivity (Wildman–Crippen MR) is 94.7 cm³/mol. The van der Waals surface area contributed by atoms with Crippen molar-refractivity contribution in [1.82, 2.24) is 16.0 Å². The quantitative estimate of drug-likeness (QED) is 0.464. The SMILES string of the molecule is CC[C@H](C)[C@@H](C)C(=O)NCC(=O)NC(CC(C)/C=C\N)C(=O)NC. The molecule has 0 aromatic rings. The molecule has 0 spiro atoms. The van der Waals surface area contributed by atoms with E-state index in [1.807, 2.05) is 27.7 Å². The molecular weight excluding hydrogens is 308 g/mol. The molecule has 0 bridgehead atoms. The van der Waals surface area contributed by atoms with Crippen LogP contribution in [-0.2, 0) is 14.4 Å². The fourth-order valence-electron chi connectivity index (χ4n) is 2.23. The Morgan fingerprint density at radius 1 is 1.12 bits per heavy atom.